The second kappa shape index (κ2) is 4.53. The molecule has 0 aromatic carbocycles. The lowest BCUT2D eigenvalue weighted by Crippen LogP contribution is -1.84. The van der Waals surface area contributed by atoms with Crippen LogP contribution in [0.1, 0.15) is 45.4 Å². The summed E-state index contributed by atoms with van der Waals surface area (Å²) in [6, 6.07) is 0. The van der Waals surface area contributed by atoms with Crippen LogP contribution in [0.2, 0.25) is 0 Å². The molecular weight excluding hydrogens is 136 g/mol. The fourth-order valence-corrected chi connectivity index (χ4v) is 1.73. The van der Waals surface area contributed by atoms with E-state index in [1.165, 1.54) is 32.1 Å². The van der Waals surface area contributed by atoms with E-state index in [2.05, 4.69) is 6.92 Å². The molecule has 0 heterocycles. The van der Waals surface area contributed by atoms with E-state index < -0.39 is 0 Å². The smallest absolute Gasteiger partial charge is 0.120 e. The molecule has 0 N–H and O–H groups in total. The molecule has 0 aromatic heterocycles. The van der Waals surface area contributed by atoms with Crippen LogP contribution in [0.5, 0.6) is 0 Å². The minimum absolute atomic E-state index is 0.768. The van der Waals surface area contributed by atoms with Gasteiger partial charge < -0.3 is 4.79 Å². The second-order valence-electron chi connectivity index (χ2n) is 3.65. The van der Waals surface area contributed by atoms with E-state index in [4.69, 9.17) is 0 Å². The number of carbonyl (C=O) groups excluding carboxylic acids is 1. The fraction of sp³-hybridized carbons (Fsp3) is 0.900. The van der Waals surface area contributed by atoms with Crippen molar-refractivity contribution in [3.63, 3.8) is 0 Å². The summed E-state index contributed by atoms with van der Waals surface area (Å²) in [4.78, 5) is 10.1. The molecule has 1 fully saturated rings. The van der Waals surface area contributed by atoms with Crippen molar-refractivity contribution >= 4 is 6.29 Å². The molecule has 0 aromatic rings. The summed E-state index contributed by atoms with van der Waals surface area (Å²) in [6.45, 7) is 2.23. The van der Waals surface area contributed by atoms with Gasteiger partial charge in [0.05, 0.1) is 0 Å². The number of aldehydes is 1. The van der Waals surface area contributed by atoms with Crippen molar-refractivity contribution in [2.45, 2.75) is 45.4 Å². The molecule has 0 saturated heterocycles. The lowest BCUT2D eigenvalue weighted by atomic mass is 10.1. The van der Waals surface area contributed by atoms with Crippen LogP contribution in [0, 0.1) is 11.8 Å². The molecular formula is C10H18O. The largest absolute Gasteiger partial charge is 0.303 e. The first-order chi connectivity index (χ1) is 5.38. The predicted octanol–water partition coefficient (Wildman–Crippen LogP) is 2.79. The van der Waals surface area contributed by atoms with Gasteiger partial charge in [-0.1, -0.05) is 32.6 Å². The van der Waals surface area contributed by atoms with Crippen LogP contribution in [-0.4, -0.2) is 6.29 Å². The average molecular weight is 154 g/mol. The molecule has 0 spiro atoms. The third-order valence-electron chi connectivity index (χ3n) is 2.65. The topological polar surface area (TPSA) is 17.1 Å². The molecule has 1 nitrogen and oxygen atoms in total. The van der Waals surface area contributed by atoms with Crippen LogP contribution >= 0.6 is 0 Å². The molecule has 1 aliphatic rings. The van der Waals surface area contributed by atoms with E-state index in [0.717, 1.165) is 24.5 Å². The Morgan fingerprint density at radius 2 is 2.18 bits per heavy atom. The van der Waals surface area contributed by atoms with Gasteiger partial charge in [-0.25, -0.2) is 0 Å². The normalized spacial score (nSPS) is 28.5. The van der Waals surface area contributed by atoms with Gasteiger partial charge in [-0.3, -0.25) is 0 Å². The van der Waals surface area contributed by atoms with Crippen LogP contribution in [0.15, 0.2) is 0 Å². The summed E-state index contributed by atoms with van der Waals surface area (Å²) in [7, 11) is 0. The van der Waals surface area contributed by atoms with Crippen LogP contribution < -0.4 is 0 Å². The summed E-state index contributed by atoms with van der Waals surface area (Å²) in [5, 5.41) is 0. The summed E-state index contributed by atoms with van der Waals surface area (Å²) < 4.78 is 0. The summed E-state index contributed by atoms with van der Waals surface area (Å²) >= 11 is 0. The molecule has 0 amide bonds. The maximum atomic E-state index is 10.1. The monoisotopic (exact) mass is 154 g/mol. The molecule has 2 atom stereocenters. The Hall–Kier alpha value is -0.330. The quantitative estimate of drug-likeness (QED) is 0.424. The standard InChI is InChI=1S/C10H18O/c1-2-3-4-5-9-8-10(9)6-7-11/h7,9-10H,2-6,8H2,1H3. The maximum Gasteiger partial charge on any atom is 0.120 e. The van der Waals surface area contributed by atoms with Crippen molar-refractivity contribution in [3.05, 3.63) is 0 Å². The third kappa shape index (κ3) is 3.04. The molecule has 0 aliphatic heterocycles. The number of unbranched alkanes of at least 4 members (excludes halogenated alkanes) is 2. The van der Waals surface area contributed by atoms with Gasteiger partial charge >= 0.3 is 0 Å². The van der Waals surface area contributed by atoms with Crippen LogP contribution in [0.4, 0.5) is 0 Å². The molecule has 1 rings (SSSR count). The maximum absolute atomic E-state index is 10.1. The van der Waals surface area contributed by atoms with Crippen molar-refractivity contribution in [3.8, 4) is 0 Å². The molecule has 0 bridgehead atoms. The second-order valence-corrected chi connectivity index (χ2v) is 3.65. The van der Waals surface area contributed by atoms with Crippen LogP contribution in [0.3, 0.4) is 0 Å². The lowest BCUT2D eigenvalue weighted by molar-refractivity contribution is -0.108. The van der Waals surface area contributed by atoms with Crippen molar-refractivity contribution < 1.29 is 4.79 Å². The van der Waals surface area contributed by atoms with Gasteiger partial charge in [0.15, 0.2) is 0 Å². The summed E-state index contributed by atoms with van der Waals surface area (Å²) in [5.74, 6) is 1.68. The number of hydrogen-bond donors (Lipinski definition) is 0. The first kappa shape index (κ1) is 8.76. The first-order valence-corrected chi connectivity index (χ1v) is 4.82. The lowest BCUT2D eigenvalue weighted by Gasteiger charge is -1.95. The Balaban J connectivity index is 1.91. The zero-order valence-electron chi connectivity index (χ0n) is 7.38. The average Bonchev–Trinajstić information content (AvgIpc) is 2.70. The van der Waals surface area contributed by atoms with Gasteiger partial charge in [0, 0.05) is 6.42 Å². The highest BCUT2D eigenvalue weighted by atomic mass is 16.1. The highest BCUT2D eigenvalue weighted by molar-refractivity contribution is 5.50. The Morgan fingerprint density at radius 1 is 1.36 bits per heavy atom. The van der Waals surface area contributed by atoms with Crippen molar-refractivity contribution in [1.82, 2.24) is 0 Å². The highest BCUT2D eigenvalue weighted by Crippen LogP contribution is 2.44. The third-order valence-corrected chi connectivity index (χ3v) is 2.65. The zero-order chi connectivity index (χ0) is 8.10. The first-order valence-electron chi connectivity index (χ1n) is 4.82. The van der Waals surface area contributed by atoms with Gasteiger partial charge in [-0.15, -0.1) is 0 Å². The Morgan fingerprint density at radius 3 is 2.82 bits per heavy atom. The van der Waals surface area contributed by atoms with Crippen LogP contribution in [0.25, 0.3) is 0 Å². The molecule has 0 radical (unpaired) electrons. The molecule has 64 valence electrons. The van der Waals surface area contributed by atoms with Gasteiger partial charge in [-0.2, -0.15) is 0 Å². The Kier molecular flexibility index (Phi) is 3.61. The molecule has 11 heavy (non-hydrogen) atoms. The van der Waals surface area contributed by atoms with Crippen LogP contribution in [-0.2, 0) is 4.79 Å². The molecule has 1 aliphatic carbocycles. The van der Waals surface area contributed by atoms with Crippen molar-refractivity contribution in [1.29, 1.82) is 0 Å². The van der Waals surface area contributed by atoms with Crippen molar-refractivity contribution in [2.24, 2.45) is 11.8 Å². The minimum atomic E-state index is 0.768. The van der Waals surface area contributed by atoms with E-state index in [1.54, 1.807) is 0 Å². The molecule has 1 heteroatoms. The summed E-state index contributed by atoms with van der Waals surface area (Å²) in [6.07, 6.45) is 8.63. The number of carbonyl (C=O) groups is 1. The Labute approximate surface area is 69.2 Å². The van der Waals surface area contributed by atoms with Gasteiger partial charge in [0.1, 0.15) is 6.29 Å². The van der Waals surface area contributed by atoms with Gasteiger partial charge in [0.2, 0.25) is 0 Å². The van der Waals surface area contributed by atoms with E-state index in [0.29, 0.717) is 0 Å². The molecule has 2 unspecified atom stereocenters. The Bertz CT molecular complexity index is 120. The van der Waals surface area contributed by atoms with E-state index in [9.17, 15) is 4.79 Å². The predicted molar refractivity (Wildman–Crippen MR) is 46.4 cm³/mol. The van der Waals surface area contributed by atoms with E-state index >= 15 is 0 Å². The molecule has 1 saturated carbocycles. The fourth-order valence-electron chi connectivity index (χ4n) is 1.73. The minimum Gasteiger partial charge on any atom is -0.303 e. The van der Waals surface area contributed by atoms with E-state index in [1.807, 2.05) is 0 Å². The SMILES string of the molecule is CCCCCC1CC1CC=O. The van der Waals surface area contributed by atoms with Gasteiger partial charge in [0.25, 0.3) is 0 Å². The summed E-state index contributed by atoms with van der Waals surface area (Å²) in [5.41, 5.74) is 0. The number of hydrogen-bond acceptors (Lipinski definition) is 1. The van der Waals surface area contributed by atoms with E-state index in [-0.39, 0.29) is 0 Å². The number of rotatable bonds is 6. The van der Waals surface area contributed by atoms with Crippen molar-refractivity contribution in [2.75, 3.05) is 0 Å². The van der Waals surface area contributed by atoms with Gasteiger partial charge in [-0.05, 0) is 18.3 Å². The zero-order valence-corrected chi connectivity index (χ0v) is 7.38. The highest BCUT2D eigenvalue weighted by Gasteiger charge is 2.35.